The first-order valence-electron chi connectivity index (χ1n) is 7.19. The summed E-state index contributed by atoms with van der Waals surface area (Å²) in [6.45, 7) is 4.68. The summed E-state index contributed by atoms with van der Waals surface area (Å²) in [4.78, 5) is 23.0. The summed E-state index contributed by atoms with van der Waals surface area (Å²) in [5.74, 6) is 1.10. The quantitative estimate of drug-likeness (QED) is 0.614. The van der Waals surface area contributed by atoms with Crippen molar-refractivity contribution in [3.05, 3.63) is 29.8 Å². The standard InChI is InChI=1S/C16H20N2O4/c1-11(2)16(20)18-8-7-17-15(19)6-4-12-3-5-13-14(9-12)22-10-21-13/h3-6,9,11H,7-8,10H2,1-2H3,(H,17,19)(H,18,20). The molecule has 0 unspecified atom stereocenters. The summed E-state index contributed by atoms with van der Waals surface area (Å²) in [6, 6.07) is 5.47. The first-order valence-corrected chi connectivity index (χ1v) is 7.19. The molecule has 22 heavy (non-hydrogen) atoms. The maximum atomic E-state index is 11.7. The van der Waals surface area contributed by atoms with Gasteiger partial charge < -0.3 is 20.1 Å². The van der Waals surface area contributed by atoms with Crippen molar-refractivity contribution in [2.24, 2.45) is 5.92 Å². The zero-order valence-corrected chi connectivity index (χ0v) is 12.7. The molecule has 1 heterocycles. The number of hydrogen-bond acceptors (Lipinski definition) is 4. The molecule has 118 valence electrons. The first kappa shape index (κ1) is 15.9. The van der Waals surface area contributed by atoms with Gasteiger partial charge in [0.05, 0.1) is 0 Å². The van der Waals surface area contributed by atoms with Gasteiger partial charge >= 0.3 is 0 Å². The van der Waals surface area contributed by atoms with Crippen LogP contribution < -0.4 is 20.1 Å². The molecule has 0 saturated heterocycles. The summed E-state index contributed by atoms with van der Waals surface area (Å²) < 4.78 is 10.5. The molecule has 1 aliphatic heterocycles. The number of amides is 2. The third kappa shape index (κ3) is 4.51. The fourth-order valence-corrected chi connectivity index (χ4v) is 1.82. The molecule has 0 saturated carbocycles. The average Bonchev–Trinajstić information content (AvgIpc) is 2.96. The molecule has 0 bridgehead atoms. The van der Waals surface area contributed by atoms with Gasteiger partial charge in [0.25, 0.3) is 0 Å². The van der Waals surface area contributed by atoms with E-state index in [-0.39, 0.29) is 24.5 Å². The lowest BCUT2D eigenvalue weighted by Crippen LogP contribution is -2.35. The molecule has 2 N–H and O–H groups in total. The molecule has 2 amide bonds. The molecule has 6 nitrogen and oxygen atoms in total. The normalized spacial score (nSPS) is 12.7. The molecular weight excluding hydrogens is 284 g/mol. The number of hydrogen-bond donors (Lipinski definition) is 2. The van der Waals surface area contributed by atoms with E-state index in [9.17, 15) is 9.59 Å². The SMILES string of the molecule is CC(C)C(=O)NCCNC(=O)C=Cc1ccc2c(c1)OCO2. The number of ether oxygens (including phenoxy) is 2. The second kappa shape index (κ2) is 7.49. The van der Waals surface area contributed by atoms with Crippen molar-refractivity contribution in [1.82, 2.24) is 10.6 Å². The van der Waals surface area contributed by atoms with Gasteiger partial charge in [0.1, 0.15) is 0 Å². The summed E-state index contributed by atoms with van der Waals surface area (Å²) in [6.07, 6.45) is 3.14. The van der Waals surface area contributed by atoms with E-state index in [0.29, 0.717) is 24.6 Å². The van der Waals surface area contributed by atoms with Crippen LogP contribution in [0.2, 0.25) is 0 Å². The summed E-state index contributed by atoms with van der Waals surface area (Å²) in [5.41, 5.74) is 0.854. The zero-order valence-electron chi connectivity index (χ0n) is 12.7. The van der Waals surface area contributed by atoms with Crippen LogP contribution in [0.25, 0.3) is 6.08 Å². The molecule has 6 heteroatoms. The maximum absolute atomic E-state index is 11.7. The molecule has 1 aromatic carbocycles. The van der Waals surface area contributed by atoms with Crippen LogP contribution in [0.1, 0.15) is 19.4 Å². The van der Waals surface area contributed by atoms with E-state index in [1.54, 1.807) is 12.1 Å². The van der Waals surface area contributed by atoms with Crippen molar-refractivity contribution in [3.63, 3.8) is 0 Å². The van der Waals surface area contributed by atoms with E-state index >= 15 is 0 Å². The van der Waals surface area contributed by atoms with Crippen molar-refractivity contribution in [2.45, 2.75) is 13.8 Å². The van der Waals surface area contributed by atoms with E-state index in [0.717, 1.165) is 5.56 Å². The van der Waals surface area contributed by atoms with Gasteiger partial charge in [-0.2, -0.15) is 0 Å². The lowest BCUT2D eigenvalue weighted by molar-refractivity contribution is -0.124. The lowest BCUT2D eigenvalue weighted by Gasteiger charge is -2.07. The minimum atomic E-state index is -0.212. The minimum Gasteiger partial charge on any atom is -0.454 e. The highest BCUT2D eigenvalue weighted by molar-refractivity contribution is 5.91. The Hall–Kier alpha value is -2.50. The molecule has 1 aliphatic rings. The number of nitrogens with one attached hydrogen (secondary N) is 2. The van der Waals surface area contributed by atoms with Crippen LogP contribution in [0.4, 0.5) is 0 Å². The van der Waals surface area contributed by atoms with Gasteiger partial charge in [0, 0.05) is 25.1 Å². The number of carbonyl (C=O) groups is 2. The van der Waals surface area contributed by atoms with Crippen LogP contribution in [-0.2, 0) is 9.59 Å². The zero-order chi connectivity index (χ0) is 15.9. The van der Waals surface area contributed by atoms with Crippen LogP contribution in [0.3, 0.4) is 0 Å². The number of benzene rings is 1. The van der Waals surface area contributed by atoms with Gasteiger partial charge in [0.2, 0.25) is 18.6 Å². The lowest BCUT2D eigenvalue weighted by atomic mass is 10.2. The molecule has 0 radical (unpaired) electrons. The third-order valence-corrected chi connectivity index (χ3v) is 3.07. The van der Waals surface area contributed by atoms with Gasteiger partial charge in [-0.05, 0) is 23.8 Å². The molecule has 1 aromatic rings. The molecule has 2 rings (SSSR count). The number of rotatable bonds is 6. The molecule has 0 atom stereocenters. The topological polar surface area (TPSA) is 76.7 Å². The molecule has 0 spiro atoms. The first-order chi connectivity index (χ1) is 10.6. The van der Waals surface area contributed by atoms with E-state index in [4.69, 9.17) is 9.47 Å². The van der Waals surface area contributed by atoms with Crippen molar-refractivity contribution < 1.29 is 19.1 Å². The maximum Gasteiger partial charge on any atom is 0.244 e. The smallest absolute Gasteiger partial charge is 0.244 e. The fraction of sp³-hybridized carbons (Fsp3) is 0.375. The molecule has 0 aromatic heterocycles. The Balaban J connectivity index is 1.74. The Morgan fingerprint density at radius 1 is 1.18 bits per heavy atom. The van der Waals surface area contributed by atoms with Gasteiger partial charge in [-0.3, -0.25) is 9.59 Å². The Bertz CT molecular complexity index is 582. The Labute approximate surface area is 129 Å². The van der Waals surface area contributed by atoms with Crippen LogP contribution >= 0.6 is 0 Å². The predicted octanol–water partition coefficient (Wildman–Crippen LogP) is 1.32. The van der Waals surface area contributed by atoms with Crippen molar-refractivity contribution in [1.29, 1.82) is 0 Å². The summed E-state index contributed by atoms with van der Waals surface area (Å²) in [7, 11) is 0. The van der Waals surface area contributed by atoms with E-state index in [2.05, 4.69) is 10.6 Å². The van der Waals surface area contributed by atoms with Gasteiger partial charge in [-0.15, -0.1) is 0 Å². The molecule has 0 fully saturated rings. The molecular formula is C16H20N2O4. The minimum absolute atomic E-state index is 0.0230. The summed E-state index contributed by atoms with van der Waals surface area (Å²) in [5, 5.41) is 5.43. The van der Waals surface area contributed by atoms with E-state index in [1.807, 2.05) is 26.0 Å². The monoisotopic (exact) mass is 304 g/mol. The second-order valence-corrected chi connectivity index (χ2v) is 5.18. The third-order valence-electron chi connectivity index (χ3n) is 3.07. The Morgan fingerprint density at radius 3 is 2.68 bits per heavy atom. The largest absolute Gasteiger partial charge is 0.454 e. The average molecular weight is 304 g/mol. The Morgan fingerprint density at radius 2 is 1.91 bits per heavy atom. The van der Waals surface area contributed by atoms with Crippen LogP contribution in [0, 0.1) is 5.92 Å². The van der Waals surface area contributed by atoms with Gasteiger partial charge in [0.15, 0.2) is 11.5 Å². The highest BCUT2D eigenvalue weighted by Crippen LogP contribution is 2.32. The summed E-state index contributed by atoms with van der Waals surface area (Å²) >= 11 is 0. The van der Waals surface area contributed by atoms with Crippen molar-refractivity contribution in [3.8, 4) is 11.5 Å². The van der Waals surface area contributed by atoms with Crippen molar-refractivity contribution in [2.75, 3.05) is 19.9 Å². The second-order valence-electron chi connectivity index (χ2n) is 5.18. The highest BCUT2D eigenvalue weighted by Gasteiger charge is 2.12. The molecule has 0 aliphatic carbocycles. The predicted molar refractivity (Wildman–Crippen MR) is 82.5 cm³/mol. The number of carbonyl (C=O) groups excluding carboxylic acids is 2. The van der Waals surface area contributed by atoms with E-state index in [1.165, 1.54) is 6.08 Å². The van der Waals surface area contributed by atoms with E-state index < -0.39 is 0 Å². The van der Waals surface area contributed by atoms with Crippen molar-refractivity contribution >= 4 is 17.9 Å². The van der Waals surface area contributed by atoms with Crippen LogP contribution in [0.5, 0.6) is 11.5 Å². The van der Waals surface area contributed by atoms with Gasteiger partial charge in [-0.25, -0.2) is 0 Å². The van der Waals surface area contributed by atoms with Crippen LogP contribution in [-0.4, -0.2) is 31.7 Å². The Kier molecular flexibility index (Phi) is 5.41. The highest BCUT2D eigenvalue weighted by atomic mass is 16.7. The fourth-order valence-electron chi connectivity index (χ4n) is 1.82. The number of fused-ring (bicyclic) bond motifs is 1. The van der Waals surface area contributed by atoms with Gasteiger partial charge in [-0.1, -0.05) is 19.9 Å². The van der Waals surface area contributed by atoms with Crippen LogP contribution in [0.15, 0.2) is 24.3 Å².